The molecule has 0 spiro atoms. The molecule has 0 N–H and O–H groups in total. The standard InChI is InChI=1S/C18H22N4O/c1-2-16-17(13-6-4-3-5-7-13)19-20-22(16)15-10-11-21(12-15)18(23)14-8-9-14/h3-7,14-15H,2,8-12H2,1H3. The molecule has 23 heavy (non-hydrogen) atoms. The van der Waals surface area contributed by atoms with Gasteiger partial charge in [0.1, 0.15) is 5.69 Å². The zero-order valence-electron chi connectivity index (χ0n) is 13.5. The summed E-state index contributed by atoms with van der Waals surface area (Å²) in [6.07, 6.45) is 4.01. The number of benzene rings is 1. The minimum Gasteiger partial charge on any atom is -0.340 e. The van der Waals surface area contributed by atoms with Crippen LogP contribution in [0.3, 0.4) is 0 Å². The van der Waals surface area contributed by atoms with Gasteiger partial charge in [-0.3, -0.25) is 4.79 Å². The van der Waals surface area contributed by atoms with E-state index < -0.39 is 0 Å². The molecule has 1 saturated carbocycles. The summed E-state index contributed by atoms with van der Waals surface area (Å²) in [4.78, 5) is 14.3. The van der Waals surface area contributed by atoms with Crippen molar-refractivity contribution in [2.75, 3.05) is 13.1 Å². The molecule has 2 heterocycles. The number of amides is 1. The molecule has 4 rings (SSSR count). The van der Waals surface area contributed by atoms with Gasteiger partial charge < -0.3 is 4.90 Å². The molecule has 120 valence electrons. The molecule has 0 radical (unpaired) electrons. The van der Waals surface area contributed by atoms with Gasteiger partial charge in [0.2, 0.25) is 5.91 Å². The molecular formula is C18H22N4O. The Balaban J connectivity index is 1.58. The summed E-state index contributed by atoms with van der Waals surface area (Å²) < 4.78 is 2.06. The fourth-order valence-electron chi connectivity index (χ4n) is 3.49. The average molecular weight is 310 g/mol. The Bertz CT molecular complexity index is 705. The van der Waals surface area contributed by atoms with Gasteiger partial charge in [0.15, 0.2) is 0 Å². The van der Waals surface area contributed by atoms with E-state index in [0.717, 1.165) is 50.0 Å². The minimum absolute atomic E-state index is 0.262. The molecule has 1 saturated heterocycles. The van der Waals surface area contributed by atoms with Crippen molar-refractivity contribution >= 4 is 5.91 Å². The van der Waals surface area contributed by atoms with Gasteiger partial charge in [0.25, 0.3) is 0 Å². The van der Waals surface area contributed by atoms with Crippen molar-refractivity contribution in [1.82, 2.24) is 19.9 Å². The Morgan fingerprint density at radius 1 is 1.22 bits per heavy atom. The Morgan fingerprint density at radius 2 is 2.00 bits per heavy atom. The third-order valence-corrected chi connectivity index (χ3v) is 4.92. The summed E-state index contributed by atoms with van der Waals surface area (Å²) in [5.41, 5.74) is 3.25. The smallest absolute Gasteiger partial charge is 0.225 e. The van der Waals surface area contributed by atoms with Gasteiger partial charge >= 0.3 is 0 Å². The van der Waals surface area contributed by atoms with Gasteiger partial charge in [-0.2, -0.15) is 0 Å². The summed E-state index contributed by atoms with van der Waals surface area (Å²) in [6, 6.07) is 10.5. The second-order valence-corrected chi connectivity index (χ2v) is 6.55. The largest absolute Gasteiger partial charge is 0.340 e. The van der Waals surface area contributed by atoms with Crippen molar-refractivity contribution in [1.29, 1.82) is 0 Å². The Kier molecular flexibility index (Phi) is 3.63. The Morgan fingerprint density at radius 3 is 2.70 bits per heavy atom. The molecular weight excluding hydrogens is 288 g/mol. The van der Waals surface area contributed by atoms with E-state index in [9.17, 15) is 4.79 Å². The predicted octanol–water partition coefficient (Wildman–Crippen LogP) is 2.69. The van der Waals surface area contributed by atoms with Crippen LogP contribution < -0.4 is 0 Å². The lowest BCUT2D eigenvalue weighted by Crippen LogP contribution is -2.30. The monoisotopic (exact) mass is 310 g/mol. The second-order valence-electron chi connectivity index (χ2n) is 6.55. The molecule has 1 aliphatic carbocycles. The second kappa shape index (κ2) is 5.80. The lowest BCUT2D eigenvalue weighted by molar-refractivity contribution is -0.131. The van der Waals surface area contributed by atoms with E-state index in [4.69, 9.17) is 0 Å². The van der Waals surface area contributed by atoms with Gasteiger partial charge in [0, 0.05) is 24.6 Å². The number of nitrogens with zero attached hydrogens (tertiary/aromatic N) is 4. The van der Waals surface area contributed by atoms with E-state index in [1.807, 2.05) is 23.1 Å². The molecule has 0 bridgehead atoms. The lowest BCUT2D eigenvalue weighted by Gasteiger charge is -2.17. The highest BCUT2D eigenvalue weighted by molar-refractivity contribution is 5.81. The first-order chi connectivity index (χ1) is 11.3. The van der Waals surface area contributed by atoms with E-state index in [0.29, 0.717) is 11.8 Å². The number of hydrogen-bond donors (Lipinski definition) is 0. The maximum absolute atomic E-state index is 12.2. The third kappa shape index (κ3) is 2.64. The highest BCUT2D eigenvalue weighted by atomic mass is 16.2. The quantitative estimate of drug-likeness (QED) is 0.872. The number of aromatic nitrogens is 3. The Labute approximate surface area is 136 Å². The van der Waals surface area contributed by atoms with Crippen molar-refractivity contribution in [3.8, 4) is 11.3 Å². The van der Waals surface area contributed by atoms with Crippen LogP contribution in [0.25, 0.3) is 11.3 Å². The molecule has 2 aliphatic rings. The third-order valence-electron chi connectivity index (χ3n) is 4.92. The molecule has 5 heteroatoms. The zero-order chi connectivity index (χ0) is 15.8. The van der Waals surface area contributed by atoms with Crippen LogP contribution in [0.5, 0.6) is 0 Å². The van der Waals surface area contributed by atoms with Crippen LogP contribution in [0, 0.1) is 5.92 Å². The maximum atomic E-state index is 12.2. The summed E-state index contributed by atoms with van der Waals surface area (Å²) in [5.74, 6) is 0.643. The first-order valence-corrected chi connectivity index (χ1v) is 8.56. The van der Waals surface area contributed by atoms with Crippen molar-refractivity contribution in [2.24, 2.45) is 5.92 Å². The molecule has 5 nitrogen and oxygen atoms in total. The lowest BCUT2D eigenvalue weighted by atomic mass is 10.1. The van der Waals surface area contributed by atoms with Crippen LogP contribution in [0.2, 0.25) is 0 Å². The van der Waals surface area contributed by atoms with Gasteiger partial charge in [-0.1, -0.05) is 42.5 Å². The number of rotatable bonds is 4. The van der Waals surface area contributed by atoms with Crippen molar-refractivity contribution in [3.63, 3.8) is 0 Å². The van der Waals surface area contributed by atoms with E-state index in [2.05, 4.69) is 34.1 Å². The highest BCUT2D eigenvalue weighted by Crippen LogP contribution is 2.34. The van der Waals surface area contributed by atoms with Gasteiger partial charge in [-0.25, -0.2) is 4.68 Å². The van der Waals surface area contributed by atoms with E-state index >= 15 is 0 Å². The van der Waals surface area contributed by atoms with Crippen molar-refractivity contribution in [2.45, 2.75) is 38.6 Å². The van der Waals surface area contributed by atoms with Crippen LogP contribution in [0.1, 0.15) is 37.9 Å². The number of hydrogen-bond acceptors (Lipinski definition) is 3. The van der Waals surface area contributed by atoms with E-state index in [1.54, 1.807) is 0 Å². The highest BCUT2D eigenvalue weighted by Gasteiger charge is 2.37. The van der Waals surface area contributed by atoms with Crippen LogP contribution in [0.4, 0.5) is 0 Å². The number of likely N-dealkylation sites (tertiary alicyclic amines) is 1. The number of carbonyl (C=O) groups is 1. The first-order valence-electron chi connectivity index (χ1n) is 8.56. The topological polar surface area (TPSA) is 51.0 Å². The summed E-state index contributed by atoms with van der Waals surface area (Å²) in [5, 5.41) is 8.86. The Hall–Kier alpha value is -2.17. The molecule has 1 amide bonds. The van der Waals surface area contributed by atoms with E-state index in [1.165, 1.54) is 5.69 Å². The van der Waals surface area contributed by atoms with Gasteiger partial charge in [-0.15, -0.1) is 5.10 Å². The molecule has 1 unspecified atom stereocenters. The van der Waals surface area contributed by atoms with Crippen molar-refractivity contribution < 1.29 is 4.79 Å². The molecule has 2 aromatic rings. The fraction of sp³-hybridized carbons (Fsp3) is 0.500. The van der Waals surface area contributed by atoms with Crippen LogP contribution in [-0.2, 0) is 11.2 Å². The fourth-order valence-corrected chi connectivity index (χ4v) is 3.49. The molecule has 1 aliphatic heterocycles. The molecule has 1 atom stereocenters. The molecule has 2 fully saturated rings. The van der Waals surface area contributed by atoms with E-state index in [-0.39, 0.29) is 6.04 Å². The SMILES string of the molecule is CCc1c(-c2ccccc2)nnn1C1CCN(C(=O)C2CC2)C1. The number of carbonyl (C=O) groups excluding carboxylic acids is 1. The summed E-state index contributed by atoms with van der Waals surface area (Å²) >= 11 is 0. The normalized spacial score (nSPS) is 20.9. The summed E-state index contributed by atoms with van der Waals surface area (Å²) in [7, 11) is 0. The maximum Gasteiger partial charge on any atom is 0.225 e. The van der Waals surface area contributed by atoms with Crippen LogP contribution >= 0.6 is 0 Å². The molecule has 1 aromatic carbocycles. The summed E-state index contributed by atoms with van der Waals surface area (Å²) in [6.45, 7) is 3.77. The van der Waals surface area contributed by atoms with Gasteiger partial charge in [-0.05, 0) is 25.7 Å². The zero-order valence-corrected chi connectivity index (χ0v) is 13.5. The predicted molar refractivity (Wildman–Crippen MR) is 87.8 cm³/mol. The average Bonchev–Trinajstić information content (AvgIpc) is 3.17. The molecule has 1 aromatic heterocycles. The van der Waals surface area contributed by atoms with Crippen molar-refractivity contribution in [3.05, 3.63) is 36.0 Å². The van der Waals surface area contributed by atoms with Crippen LogP contribution in [0.15, 0.2) is 30.3 Å². The first kappa shape index (κ1) is 14.4. The van der Waals surface area contributed by atoms with Gasteiger partial charge in [0.05, 0.1) is 11.7 Å². The van der Waals surface area contributed by atoms with Crippen LogP contribution in [-0.4, -0.2) is 38.9 Å². The minimum atomic E-state index is 0.262.